The molecule has 0 atom stereocenters. The Balaban J connectivity index is 2.98. The summed E-state index contributed by atoms with van der Waals surface area (Å²) in [4.78, 5) is 6.89. The molecule has 0 spiro atoms. The van der Waals surface area contributed by atoms with E-state index in [1.165, 1.54) is 13.8 Å². The SMILES string of the molecule is CC(C)(O)CNc1cc(C(F)(F)F)nc(NN)n1. The highest BCUT2D eigenvalue weighted by Gasteiger charge is 2.33. The van der Waals surface area contributed by atoms with Crippen molar-refractivity contribution < 1.29 is 18.3 Å². The summed E-state index contributed by atoms with van der Waals surface area (Å²) >= 11 is 0. The Labute approximate surface area is 101 Å². The fourth-order valence-electron chi connectivity index (χ4n) is 1.05. The molecule has 18 heavy (non-hydrogen) atoms. The van der Waals surface area contributed by atoms with E-state index in [1.807, 2.05) is 5.43 Å². The Morgan fingerprint density at radius 3 is 2.39 bits per heavy atom. The van der Waals surface area contributed by atoms with Gasteiger partial charge < -0.3 is 10.4 Å². The Hall–Kier alpha value is -1.61. The molecule has 0 aromatic carbocycles. The zero-order valence-corrected chi connectivity index (χ0v) is 9.84. The van der Waals surface area contributed by atoms with Crippen LogP contribution in [-0.2, 0) is 6.18 Å². The number of aliphatic hydroxyl groups is 1. The molecular weight excluding hydrogens is 251 g/mol. The maximum Gasteiger partial charge on any atom is 0.433 e. The molecule has 0 fully saturated rings. The monoisotopic (exact) mass is 265 g/mol. The molecule has 1 aromatic heterocycles. The van der Waals surface area contributed by atoms with Crippen LogP contribution in [0.3, 0.4) is 0 Å². The highest BCUT2D eigenvalue weighted by molar-refractivity contribution is 5.42. The molecule has 0 amide bonds. The van der Waals surface area contributed by atoms with Gasteiger partial charge >= 0.3 is 6.18 Å². The lowest BCUT2D eigenvalue weighted by Gasteiger charge is -2.18. The van der Waals surface area contributed by atoms with Crippen molar-refractivity contribution in [3.8, 4) is 0 Å². The van der Waals surface area contributed by atoms with E-state index in [2.05, 4.69) is 15.3 Å². The number of hydrogen-bond acceptors (Lipinski definition) is 6. The summed E-state index contributed by atoms with van der Waals surface area (Å²) < 4.78 is 37.6. The Bertz CT molecular complexity index is 416. The van der Waals surface area contributed by atoms with Crippen LogP contribution in [0.5, 0.6) is 0 Å². The molecule has 0 unspecified atom stereocenters. The van der Waals surface area contributed by atoms with E-state index in [0.717, 1.165) is 6.07 Å². The first-order valence-corrected chi connectivity index (χ1v) is 5.01. The van der Waals surface area contributed by atoms with E-state index >= 15 is 0 Å². The molecule has 0 saturated heterocycles. The van der Waals surface area contributed by atoms with Crippen LogP contribution in [0, 0.1) is 0 Å². The predicted octanol–water partition coefficient (Wildman–Crippen LogP) is 0.964. The molecule has 1 aromatic rings. The minimum atomic E-state index is -4.60. The van der Waals surface area contributed by atoms with Crippen LogP contribution in [0.15, 0.2) is 6.07 Å². The second kappa shape index (κ2) is 4.94. The molecule has 6 nitrogen and oxygen atoms in total. The molecule has 0 radical (unpaired) electrons. The van der Waals surface area contributed by atoms with Gasteiger partial charge in [0.05, 0.1) is 5.60 Å². The third kappa shape index (κ3) is 4.34. The summed E-state index contributed by atoms with van der Waals surface area (Å²) in [6.45, 7) is 3.05. The smallest absolute Gasteiger partial charge is 0.389 e. The molecule has 1 heterocycles. The summed E-state index contributed by atoms with van der Waals surface area (Å²) in [6, 6.07) is 0.743. The lowest BCUT2D eigenvalue weighted by molar-refractivity contribution is -0.141. The van der Waals surface area contributed by atoms with Crippen molar-refractivity contribution in [3.63, 3.8) is 0 Å². The van der Waals surface area contributed by atoms with Crippen molar-refractivity contribution in [1.82, 2.24) is 9.97 Å². The zero-order valence-electron chi connectivity index (χ0n) is 9.84. The molecule has 0 bridgehead atoms. The van der Waals surface area contributed by atoms with Gasteiger partial charge in [0, 0.05) is 12.6 Å². The number of hydrazine groups is 1. The third-order valence-electron chi connectivity index (χ3n) is 1.85. The quantitative estimate of drug-likeness (QED) is 0.478. The molecule has 5 N–H and O–H groups in total. The van der Waals surface area contributed by atoms with Crippen molar-refractivity contribution in [2.45, 2.75) is 25.6 Å². The van der Waals surface area contributed by atoms with Crippen LogP contribution < -0.4 is 16.6 Å². The number of nitrogens with zero attached hydrogens (tertiary/aromatic N) is 2. The second-order valence-electron chi connectivity index (χ2n) is 4.27. The van der Waals surface area contributed by atoms with Gasteiger partial charge in [0.25, 0.3) is 0 Å². The van der Waals surface area contributed by atoms with E-state index in [4.69, 9.17) is 5.84 Å². The number of aromatic nitrogens is 2. The molecule has 1 rings (SSSR count). The van der Waals surface area contributed by atoms with Gasteiger partial charge in [0.1, 0.15) is 5.82 Å². The maximum absolute atomic E-state index is 12.5. The van der Waals surface area contributed by atoms with Crippen molar-refractivity contribution in [1.29, 1.82) is 0 Å². The van der Waals surface area contributed by atoms with Crippen LogP contribution in [0.2, 0.25) is 0 Å². The van der Waals surface area contributed by atoms with Crippen LogP contribution in [0.25, 0.3) is 0 Å². The maximum atomic E-state index is 12.5. The average Bonchev–Trinajstić information content (AvgIpc) is 2.24. The predicted molar refractivity (Wildman–Crippen MR) is 59.6 cm³/mol. The summed E-state index contributed by atoms with van der Waals surface area (Å²) in [5.41, 5.74) is -0.253. The standard InChI is InChI=1S/C9H14F3N5O/c1-8(2,18)4-14-6-3-5(9(10,11)12)15-7(16-6)17-13/h3,18H,4,13H2,1-2H3,(H2,14,15,16,17). The zero-order chi connectivity index (χ0) is 14.0. The van der Waals surface area contributed by atoms with Crippen LogP contribution >= 0.6 is 0 Å². The lowest BCUT2D eigenvalue weighted by atomic mass is 10.1. The number of nitrogens with two attached hydrogens (primary N) is 1. The summed E-state index contributed by atoms with van der Waals surface area (Å²) in [5, 5.41) is 12.0. The molecule has 0 saturated carbocycles. The van der Waals surface area contributed by atoms with Crippen LogP contribution in [-0.4, -0.2) is 27.2 Å². The molecule has 0 aliphatic carbocycles. The number of hydrogen-bond donors (Lipinski definition) is 4. The normalized spacial score (nSPS) is 12.4. The first kappa shape index (κ1) is 14.5. The topological polar surface area (TPSA) is 96.1 Å². The van der Waals surface area contributed by atoms with Gasteiger partial charge in [0.15, 0.2) is 5.69 Å². The molecular formula is C9H14F3N5O. The minimum absolute atomic E-state index is 0.0331. The first-order chi connectivity index (χ1) is 8.12. The van der Waals surface area contributed by atoms with E-state index in [-0.39, 0.29) is 18.3 Å². The van der Waals surface area contributed by atoms with Crippen molar-refractivity contribution in [3.05, 3.63) is 11.8 Å². The number of rotatable bonds is 4. The number of anilines is 2. The third-order valence-corrected chi connectivity index (χ3v) is 1.85. The number of nitrogens with one attached hydrogen (secondary N) is 2. The summed E-state index contributed by atoms with van der Waals surface area (Å²) in [6.07, 6.45) is -4.60. The van der Waals surface area contributed by atoms with Gasteiger partial charge in [-0.15, -0.1) is 0 Å². The Morgan fingerprint density at radius 1 is 1.33 bits per heavy atom. The van der Waals surface area contributed by atoms with Gasteiger partial charge in [-0.1, -0.05) is 0 Å². The fourth-order valence-corrected chi connectivity index (χ4v) is 1.05. The molecule has 9 heteroatoms. The largest absolute Gasteiger partial charge is 0.433 e. The number of alkyl halides is 3. The fraction of sp³-hybridized carbons (Fsp3) is 0.556. The van der Waals surface area contributed by atoms with E-state index < -0.39 is 17.5 Å². The lowest BCUT2D eigenvalue weighted by Crippen LogP contribution is -2.30. The minimum Gasteiger partial charge on any atom is -0.389 e. The summed E-state index contributed by atoms with van der Waals surface area (Å²) in [5.74, 6) is 4.56. The van der Waals surface area contributed by atoms with Gasteiger partial charge in [0.2, 0.25) is 5.95 Å². The van der Waals surface area contributed by atoms with Gasteiger partial charge in [-0.25, -0.2) is 10.8 Å². The number of nitrogen functional groups attached to an aromatic ring is 1. The Morgan fingerprint density at radius 2 is 1.94 bits per heavy atom. The van der Waals surface area contributed by atoms with Gasteiger partial charge in [-0.05, 0) is 13.8 Å². The van der Waals surface area contributed by atoms with Crippen LogP contribution in [0.1, 0.15) is 19.5 Å². The van der Waals surface area contributed by atoms with Gasteiger partial charge in [-0.3, -0.25) is 5.43 Å². The van der Waals surface area contributed by atoms with Crippen molar-refractivity contribution in [2.24, 2.45) is 5.84 Å². The average molecular weight is 265 g/mol. The summed E-state index contributed by atoms with van der Waals surface area (Å²) in [7, 11) is 0. The van der Waals surface area contributed by atoms with E-state index in [9.17, 15) is 18.3 Å². The van der Waals surface area contributed by atoms with Crippen molar-refractivity contribution >= 4 is 11.8 Å². The molecule has 0 aliphatic rings. The molecule has 0 aliphatic heterocycles. The first-order valence-electron chi connectivity index (χ1n) is 5.01. The van der Waals surface area contributed by atoms with Crippen LogP contribution in [0.4, 0.5) is 24.9 Å². The second-order valence-corrected chi connectivity index (χ2v) is 4.27. The van der Waals surface area contributed by atoms with E-state index in [0.29, 0.717) is 0 Å². The van der Waals surface area contributed by atoms with Crippen molar-refractivity contribution in [2.75, 3.05) is 17.3 Å². The highest BCUT2D eigenvalue weighted by Crippen LogP contribution is 2.29. The van der Waals surface area contributed by atoms with E-state index in [1.54, 1.807) is 0 Å². The number of halogens is 3. The Kier molecular flexibility index (Phi) is 3.97. The molecule has 102 valence electrons. The van der Waals surface area contributed by atoms with Gasteiger partial charge in [-0.2, -0.15) is 18.2 Å². The highest BCUT2D eigenvalue weighted by atomic mass is 19.4.